The molecular formula is C16H34N4. The van der Waals surface area contributed by atoms with Gasteiger partial charge in [-0.15, -0.1) is 0 Å². The summed E-state index contributed by atoms with van der Waals surface area (Å²) in [5.41, 5.74) is 0. The Hall–Kier alpha value is -0.770. The van der Waals surface area contributed by atoms with Gasteiger partial charge in [0.25, 0.3) is 0 Å². The largest absolute Gasteiger partial charge is 0.356 e. The van der Waals surface area contributed by atoms with E-state index in [4.69, 9.17) is 0 Å². The number of guanidine groups is 1. The Bertz CT molecular complexity index is 257. The third kappa shape index (κ3) is 7.13. The van der Waals surface area contributed by atoms with E-state index in [1.165, 1.54) is 58.2 Å². The SMILES string of the molecule is CCCCCNC(=NC)NCC1CCN(CCC)CC1. The number of aliphatic imine (C=N–C) groups is 1. The first-order chi connectivity index (χ1) is 9.80. The van der Waals surface area contributed by atoms with Crippen molar-refractivity contribution in [3.63, 3.8) is 0 Å². The van der Waals surface area contributed by atoms with E-state index in [0.717, 1.165) is 25.0 Å². The fourth-order valence-corrected chi connectivity index (χ4v) is 2.77. The molecular weight excluding hydrogens is 248 g/mol. The molecule has 1 saturated heterocycles. The van der Waals surface area contributed by atoms with Crippen LogP contribution in [0.25, 0.3) is 0 Å². The molecule has 4 heteroatoms. The first-order valence-corrected chi connectivity index (χ1v) is 8.47. The molecule has 0 atom stereocenters. The third-order valence-corrected chi connectivity index (χ3v) is 4.10. The van der Waals surface area contributed by atoms with Gasteiger partial charge in [-0.05, 0) is 51.2 Å². The molecule has 1 aliphatic heterocycles. The zero-order valence-electron chi connectivity index (χ0n) is 13.7. The molecule has 1 rings (SSSR count). The van der Waals surface area contributed by atoms with Gasteiger partial charge in [0.1, 0.15) is 0 Å². The molecule has 0 aromatic carbocycles. The summed E-state index contributed by atoms with van der Waals surface area (Å²) < 4.78 is 0. The van der Waals surface area contributed by atoms with Gasteiger partial charge in [-0.3, -0.25) is 4.99 Å². The molecule has 0 saturated carbocycles. The average Bonchev–Trinajstić information content (AvgIpc) is 2.48. The highest BCUT2D eigenvalue weighted by molar-refractivity contribution is 5.79. The fourth-order valence-electron chi connectivity index (χ4n) is 2.77. The number of unbranched alkanes of at least 4 members (excludes halogenated alkanes) is 2. The lowest BCUT2D eigenvalue weighted by Gasteiger charge is -2.32. The van der Waals surface area contributed by atoms with E-state index in [2.05, 4.69) is 34.4 Å². The highest BCUT2D eigenvalue weighted by atomic mass is 15.2. The molecule has 0 aromatic heterocycles. The standard InChI is InChI=1S/C16H34N4/c1-4-6-7-10-18-16(17-3)19-14-15-8-12-20(11-5-2)13-9-15/h15H,4-14H2,1-3H3,(H2,17,18,19). The van der Waals surface area contributed by atoms with Crippen LogP contribution in [-0.4, -0.2) is 50.6 Å². The van der Waals surface area contributed by atoms with Gasteiger partial charge in [-0.2, -0.15) is 0 Å². The van der Waals surface area contributed by atoms with E-state index in [1.54, 1.807) is 0 Å². The average molecular weight is 282 g/mol. The van der Waals surface area contributed by atoms with E-state index in [0.29, 0.717) is 0 Å². The molecule has 118 valence electrons. The number of nitrogens with zero attached hydrogens (tertiary/aromatic N) is 2. The molecule has 2 N–H and O–H groups in total. The minimum absolute atomic E-state index is 0.803. The van der Waals surface area contributed by atoms with Gasteiger partial charge in [-0.1, -0.05) is 26.7 Å². The van der Waals surface area contributed by atoms with E-state index in [-0.39, 0.29) is 0 Å². The van der Waals surface area contributed by atoms with Crippen molar-refractivity contribution in [3.05, 3.63) is 0 Å². The maximum absolute atomic E-state index is 4.30. The van der Waals surface area contributed by atoms with E-state index in [1.807, 2.05) is 7.05 Å². The molecule has 20 heavy (non-hydrogen) atoms. The second-order valence-electron chi connectivity index (χ2n) is 5.87. The Morgan fingerprint density at radius 1 is 1.10 bits per heavy atom. The summed E-state index contributed by atoms with van der Waals surface area (Å²) in [5, 5.41) is 6.88. The Morgan fingerprint density at radius 3 is 2.45 bits per heavy atom. The maximum atomic E-state index is 4.30. The number of hydrogen-bond acceptors (Lipinski definition) is 2. The normalized spacial score (nSPS) is 18.2. The van der Waals surface area contributed by atoms with Gasteiger partial charge in [0.05, 0.1) is 0 Å². The number of piperidine rings is 1. The smallest absolute Gasteiger partial charge is 0.190 e. The lowest BCUT2D eigenvalue weighted by molar-refractivity contribution is 0.185. The second kappa shape index (κ2) is 11.0. The summed E-state index contributed by atoms with van der Waals surface area (Å²) in [6.07, 6.45) is 7.70. The molecule has 0 aliphatic carbocycles. The fraction of sp³-hybridized carbons (Fsp3) is 0.938. The van der Waals surface area contributed by atoms with Crippen LogP contribution in [0.1, 0.15) is 52.4 Å². The van der Waals surface area contributed by atoms with Crippen molar-refractivity contribution in [2.24, 2.45) is 10.9 Å². The predicted octanol–water partition coefficient (Wildman–Crippen LogP) is 2.46. The molecule has 4 nitrogen and oxygen atoms in total. The minimum Gasteiger partial charge on any atom is -0.356 e. The van der Waals surface area contributed by atoms with Crippen molar-refractivity contribution in [3.8, 4) is 0 Å². The van der Waals surface area contributed by atoms with Crippen LogP contribution in [-0.2, 0) is 0 Å². The zero-order chi connectivity index (χ0) is 14.6. The van der Waals surface area contributed by atoms with Crippen LogP contribution in [0, 0.1) is 5.92 Å². The van der Waals surface area contributed by atoms with Crippen molar-refractivity contribution < 1.29 is 0 Å². The van der Waals surface area contributed by atoms with Gasteiger partial charge in [0, 0.05) is 20.1 Å². The maximum Gasteiger partial charge on any atom is 0.190 e. The number of nitrogens with one attached hydrogen (secondary N) is 2. The van der Waals surface area contributed by atoms with Crippen molar-refractivity contribution in [2.75, 3.05) is 39.8 Å². The first kappa shape index (κ1) is 17.3. The minimum atomic E-state index is 0.803. The molecule has 0 unspecified atom stereocenters. The second-order valence-corrected chi connectivity index (χ2v) is 5.87. The molecule has 0 spiro atoms. The highest BCUT2D eigenvalue weighted by Gasteiger charge is 2.18. The quantitative estimate of drug-likeness (QED) is 0.408. The van der Waals surface area contributed by atoms with Crippen LogP contribution < -0.4 is 10.6 Å². The Labute approximate surface area is 125 Å². The summed E-state index contributed by atoms with van der Waals surface area (Å²) in [6, 6.07) is 0. The summed E-state index contributed by atoms with van der Waals surface area (Å²) >= 11 is 0. The van der Waals surface area contributed by atoms with Gasteiger partial charge in [0.2, 0.25) is 0 Å². The van der Waals surface area contributed by atoms with Gasteiger partial charge in [0.15, 0.2) is 5.96 Å². The van der Waals surface area contributed by atoms with Crippen molar-refractivity contribution >= 4 is 5.96 Å². The third-order valence-electron chi connectivity index (χ3n) is 4.10. The number of hydrogen-bond donors (Lipinski definition) is 2. The molecule has 0 radical (unpaired) electrons. The summed E-state index contributed by atoms with van der Waals surface area (Å²) in [7, 11) is 1.86. The van der Waals surface area contributed by atoms with Crippen molar-refractivity contribution in [1.82, 2.24) is 15.5 Å². The summed E-state index contributed by atoms with van der Waals surface area (Å²) in [5.74, 6) is 1.77. The van der Waals surface area contributed by atoms with Crippen LogP contribution in [0.5, 0.6) is 0 Å². The monoisotopic (exact) mass is 282 g/mol. The van der Waals surface area contributed by atoms with Crippen molar-refractivity contribution in [1.29, 1.82) is 0 Å². The summed E-state index contributed by atoms with van der Waals surface area (Å²) in [6.45, 7) is 10.4. The lowest BCUT2D eigenvalue weighted by Crippen LogP contribution is -2.43. The highest BCUT2D eigenvalue weighted by Crippen LogP contribution is 2.16. The van der Waals surface area contributed by atoms with Crippen LogP contribution in [0.4, 0.5) is 0 Å². The molecule has 1 aliphatic rings. The topological polar surface area (TPSA) is 39.7 Å². The van der Waals surface area contributed by atoms with E-state index >= 15 is 0 Å². The van der Waals surface area contributed by atoms with Gasteiger partial charge in [-0.25, -0.2) is 0 Å². The number of rotatable bonds is 8. The van der Waals surface area contributed by atoms with Gasteiger partial charge < -0.3 is 15.5 Å². The zero-order valence-corrected chi connectivity index (χ0v) is 13.7. The molecule has 0 aromatic rings. The van der Waals surface area contributed by atoms with Gasteiger partial charge >= 0.3 is 0 Å². The van der Waals surface area contributed by atoms with Crippen LogP contribution in [0.3, 0.4) is 0 Å². The van der Waals surface area contributed by atoms with Crippen LogP contribution >= 0.6 is 0 Å². The predicted molar refractivity (Wildman–Crippen MR) is 88.3 cm³/mol. The van der Waals surface area contributed by atoms with Crippen LogP contribution in [0.15, 0.2) is 4.99 Å². The first-order valence-electron chi connectivity index (χ1n) is 8.47. The molecule has 0 amide bonds. The van der Waals surface area contributed by atoms with E-state index < -0.39 is 0 Å². The summed E-state index contributed by atoms with van der Waals surface area (Å²) in [4.78, 5) is 6.89. The Kier molecular flexibility index (Phi) is 9.46. The molecule has 1 fully saturated rings. The lowest BCUT2D eigenvalue weighted by atomic mass is 9.97. The number of likely N-dealkylation sites (tertiary alicyclic amines) is 1. The van der Waals surface area contributed by atoms with E-state index in [9.17, 15) is 0 Å². The Balaban J connectivity index is 2.12. The van der Waals surface area contributed by atoms with Crippen LogP contribution in [0.2, 0.25) is 0 Å². The van der Waals surface area contributed by atoms with Crippen molar-refractivity contribution in [2.45, 2.75) is 52.4 Å². The molecule has 0 bridgehead atoms. The molecule has 1 heterocycles. The Morgan fingerprint density at radius 2 is 1.85 bits per heavy atom.